The minimum absolute atomic E-state index is 0.201. The summed E-state index contributed by atoms with van der Waals surface area (Å²) in [6, 6.07) is 17.3. The van der Waals surface area contributed by atoms with Gasteiger partial charge in [0.25, 0.3) is 0 Å². The van der Waals surface area contributed by atoms with Gasteiger partial charge in [-0.1, -0.05) is 60.7 Å². The van der Waals surface area contributed by atoms with Gasteiger partial charge < -0.3 is 5.32 Å². The smallest absolute Gasteiger partial charge is 0.0707 e. The van der Waals surface area contributed by atoms with Gasteiger partial charge in [-0.15, -0.1) is 0 Å². The molecule has 1 aliphatic rings. The third-order valence-electron chi connectivity index (χ3n) is 4.02. The third-order valence-corrected chi connectivity index (χ3v) is 4.02. The number of aryl methyl sites for hydroxylation is 1. The molecule has 0 saturated heterocycles. The van der Waals surface area contributed by atoms with E-state index < -0.39 is 0 Å². The van der Waals surface area contributed by atoms with E-state index in [1.807, 2.05) is 0 Å². The van der Waals surface area contributed by atoms with Crippen molar-refractivity contribution in [2.45, 2.75) is 19.9 Å². The van der Waals surface area contributed by atoms with Gasteiger partial charge >= 0.3 is 0 Å². The molecule has 1 heteroatoms. The van der Waals surface area contributed by atoms with E-state index >= 15 is 0 Å². The molecule has 1 atom stereocenters. The van der Waals surface area contributed by atoms with E-state index in [1.165, 1.54) is 27.8 Å². The molecule has 110 valence electrons. The van der Waals surface area contributed by atoms with Crippen LogP contribution in [0.5, 0.6) is 0 Å². The minimum atomic E-state index is 0.201. The molecule has 0 saturated carbocycles. The van der Waals surface area contributed by atoms with E-state index in [0.29, 0.717) is 0 Å². The van der Waals surface area contributed by atoms with Crippen molar-refractivity contribution in [3.8, 4) is 0 Å². The fourth-order valence-corrected chi connectivity index (χ4v) is 2.91. The highest BCUT2D eigenvalue weighted by atomic mass is 14.9. The summed E-state index contributed by atoms with van der Waals surface area (Å²) in [4.78, 5) is 0. The highest BCUT2D eigenvalue weighted by molar-refractivity contribution is 5.77. The molecule has 0 aromatic heterocycles. The number of hydrogen-bond donors (Lipinski definition) is 1. The first-order valence-electron chi connectivity index (χ1n) is 7.71. The van der Waals surface area contributed by atoms with E-state index in [-0.39, 0.29) is 6.04 Å². The van der Waals surface area contributed by atoms with Crippen LogP contribution in [0.2, 0.25) is 0 Å². The van der Waals surface area contributed by atoms with Crippen molar-refractivity contribution in [1.82, 2.24) is 5.32 Å². The average molecular weight is 287 g/mol. The number of hydrogen-bond acceptors (Lipinski definition) is 1. The van der Waals surface area contributed by atoms with Gasteiger partial charge in [0, 0.05) is 0 Å². The van der Waals surface area contributed by atoms with Crippen LogP contribution in [0.4, 0.5) is 0 Å². The van der Waals surface area contributed by atoms with Crippen molar-refractivity contribution in [3.63, 3.8) is 0 Å². The van der Waals surface area contributed by atoms with E-state index in [4.69, 9.17) is 0 Å². The molecule has 1 aliphatic heterocycles. The van der Waals surface area contributed by atoms with E-state index in [9.17, 15) is 0 Å². The Morgan fingerprint density at radius 3 is 2.59 bits per heavy atom. The van der Waals surface area contributed by atoms with Crippen LogP contribution in [0.25, 0.3) is 11.6 Å². The van der Waals surface area contributed by atoms with Gasteiger partial charge in [0.15, 0.2) is 0 Å². The van der Waals surface area contributed by atoms with Crippen LogP contribution in [0.3, 0.4) is 0 Å². The normalized spacial score (nSPS) is 17.4. The molecule has 22 heavy (non-hydrogen) atoms. The van der Waals surface area contributed by atoms with Crippen molar-refractivity contribution in [2.75, 3.05) is 0 Å². The molecule has 0 radical (unpaired) electrons. The van der Waals surface area contributed by atoms with Crippen molar-refractivity contribution in [3.05, 3.63) is 95.2 Å². The zero-order chi connectivity index (χ0) is 15.4. The first-order valence-corrected chi connectivity index (χ1v) is 7.71. The van der Waals surface area contributed by atoms with Crippen LogP contribution in [-0.2, 0) is 0 Å². The summed E-state index contributed by atoms with van der Waals surface area (Å²) in [5.41, 5.74) is 6.45. The molecule has 1 nitrogen and oxygen atoms in total. The van der Waals surface area contributed by atoms with Crippen LogP contribution in [0, 0.1) is 6.92 Å². The molecule has 1 unspecified atom stereocenters. The van der Waals surface area contributed by atoms with Crippen LogP contribution in [-0.4, -0.2) is 0 Å². The van der Waals surface area contributed by atoms with Crippen LogP contribution >= 0.6 is 0 Å². The van der Waals surface area contributed by atoms with Crippen molar-refractivity contribution in [1.29, 1.82) is 0 Å². The van der Waals surface area contributed by atoms with Gasteiger partial charge in [-0.05, 0) is 60.0 Å². The maximum Gasteiger partial charge on any atom is 0.0707 e. The highest BCUT2D eigenvalue weighted by Gasteiger charge is 2.14. The Balaban J connectivity index is 2.01. The molecule has 3 rings (SSSR count). The molecule has 0 amide bonds. The highest BCUT2D eigenvalue weighted by Crippen LogP contribution is 2.29. The Morgan fingerprint density at radius 2 is 1.77 bits per heavy atom. The second-order valence-corrected chi connectivity index (χ2v) is 5.54. The molecular formula is C21H21N. The van der Waals surface area contributed by atoms with Crippen molar-refractivity contribution in [2.24, 2.45) is 0 Å². The largest absolute Gasteiger partial charge is 0.381 e. The summed E-state index contributed by atoms with van der Waals surface area (Å²) in [5, 5.41) is 3.46. The fourth-order valence-electron chi connectivity index (χ4n) is 2.91. The second-order valence-electron chi connectivity index (χ2n) is 5.54. The number of rotatable bonds is 3. The lowest BCUT2D eigenvalue weighted by molar-refractivity contribution is 0.748. The maximum absolute atomic E-state index is 3.46. The van der Waals surface area contributed by atoms with E-state index in [1.54, 1.807) is 0 Å². The SMILES string of the molecule is C/C=C\c1ccccc1C1C=C(c2ccccc2C)C=CN1. The molecule has 0 bridgehead atoms. The molecule has 1 heterocycles. The Kier molecular flexibility index (Phi) is 4.24. The molecule has 0 spiro atoms. The number of benzene rings is 2. The fraction of sp³-hybridized carbons (Fsp3) is 0.143. The van der Waals surface area contributed by atoms with Gasteiger partial charge in [-0.2, -0.15) is 0 Å². The summed E-state index contributed by atoms with van der Waals surface area (Å²) < 4.78 is 0. The quantitative estimate of drug-likeness (QED) is 0.811. The van der Waals surface area contributed by atoms with Gasteiger partial charge in [0.1, 0.15) is 0 Å². The van der Waals surface area contributed by atoms with Gasteiger partial charge in [-0.25, -0.2) is 0 Å². The predicted octanol–water partition coefficient (Wildman–Crippen LogP) is 5.27. The topological polar surface area (TPSA) is 12.0 Å². The summed E-state index contributed by atoms with van der Waals surface area (Å²) >= 11 is 0. The van der Waals surface area contributed by atoms with E-state index in [2.05, 4.69) is 98.2 Å². The Hall–Kier alpha value is -2.54. The lowest BCUT2D eigenvalue weighted by atomic mass is 9.92. The standard InChI is InChI=1S/C21H21N/c1-3-8-17-10-5-7-12-20(17)21-15-18(13-14-22-21)19-11-6-4-9-16(19)2/h3-15,21-22H,1-2H3/b8-3-. The summed E-state index contributed by atoms with van der Waals surface area (Å²) in [6.45, 7) is 4.22. The number of nitrogens with one attached hydrogen (secondary N) is 1. The zero-order valence-electron chi connectivity index (χ0n) is 13.1. The van der Waals surface area contributed by atoms with Gasteiger partial charge in [0.2, 0.25) is 0 Å². The van der Waals surface area contributed by atoms with E-state index in [0.717, 1.165) is 0 Å². The van der Waals surface area contributed by atoms with Gasteiger partial charge in [0.05, 0.1) is 6.04 Å². The summed E-state index contributed by atoms with van der Waals surface area (Å²) in [7, 11) is 0. The lowest BCUT2D eigenvalue weighted by Crippen LogP contribution is -2.17. The van der Waals surface area contributed by atoms with Crippen LogP contribution < -0.4 is 5.32 Å². The molecule has 0 fully saturated rings. The summed E-state index contributed by atoms with van der Waals surface area (Å²) in [6.07, 6.45) is 10.8. The van der Waals surface area contributed by atoms with Crippen molar-refractivity contribution >= 4 is 11.6 Å². The molecule has 0 aliphatic carbocycles. The van der Waals surface area contributed by atoms with Gasteiger partial charge in [-0.3, -0.25) is 0 Å². The Morgan fingerprint density at radius 1 is 1.00 bits per heavy atom. The van der Waals surface area contributed by atoms with Crippen molar-refractivity contribution < 1.29 is 0 Å². The monoisotopic (exact) mass is 287 g/mol. The predicted molar refractivity (Wildman–Crippen MR) is 95.3 cm³/mol. The first kappa shape index (κ1) is 14.4. The Bertz CT molecular complexity index is 750. The number of allylic oxidation sites excluding steroid dienone is 3. The lowest BCUT2D eigenvalue weighted by Gasteiger charge is -2.22. The molecular weight excluding hydrogens is 266 g/mol. The second kappa shape index (κ2) is 6.48. The van der Waals surface area contributed by atoms with Crippen LogP contribution in [0.1, 0.15) is 35.2 Å². The number of dihydropyridines is 1. The molecule has 1 N–H and O–H groups in total. The summed E-state index contributed by atoms with van der Waals surface area (Å²) in [5.74, 6) is 0. The first-order chi connectivity index (χ1) is 10.8. The third kappa shape index (κ3) is 2.89. The average Bonchev–Trinajstić information content (AvgIpc) is 2.56. The zero-order valence-corrected chi connectivity index (χ0v) is 13.1. The van der Waals surface area contributed by atoms with Crippen LogP contribution in [0.15, 0.2) is 73.0 Å². The Labute approximate surface area is 132 Å². The minimum Gasteiger partial charge on any atom is -0.381 e. The molecule has 2 aromatic rings. The molecule has 2 aromatic carbocycles. The maximum atomic E-state index is 3.46.